The summed E-state index contributed by atoms with van der Waals surface area (Å²) in [5.74, 6) is 2.58. The van der Waals surface area contributed by atoms with Crippen LogP contribution in [0.5, 0.6) is 11.5 Å². The summed E-state index contributed by atoms with van der Waals surface area (Å²) < 4.78 is 18.3. The number of hydrogen-bond donors (Lipinski definition) is 1. The van der Waals surface area contributed by atoms with Crippen molar-refractivity contribution in [3.05, 3.63) is 30.1 Å². The van der Waals surface area contributed by atoms with Gasteiger partial charge in [0.1, 0.15) is 6.61 Å². The molecular weight excluding hydrogens is 408 g/mol. The van der Waals surface area contributed by atoms with E-state index < -0.39 is 0 Å². The average molecular weight is 435 g/mol. The van der Waals surface area contributed by atoms with Gasteiger partial charge in [-0.25, -0.2) is 14.5 Å². The minimum atomic E-state index is -0.164. The van der Waals surface area contributed by atoms with Gasteiger partial charge in [-0.05, 0) is 12.1 Å². The summed E-state index contributed by atoms with van der Waals surface area (Å²) in [6, 6.07) is 7.25. The molecule has 0 unspecified atom stereocenters. The van der Waals surface area contributed by atoms with Gasteiger partial charge in [0.15, 0.2) is 17.3 Å². The Labute approximate surface area is 179 Å². The molecule has 0 aliphatic carbocycles. The molecule has 11 heteroatoms. The van der Waals surface area contributed by atoms with E-state index in [1.54, 1.807) is 28.6 Å². The topological polar surface area (TPSA) is 94.0 Å². The fraction of sp³-hybridized carbons (Fsp3) is 0.526. The fourth-order valence-electron chi connectivity index (χ4n) is 3.35. The van der Waals surface area contributed by atoms with Gasteiger partial charge in [0, 0.05) is 31.9 Å². The van der Waals surface area contributed by atoms with Gasteiger partial charge in [-0.1, -0.05) is 23.9 Å². The van der Waals surface area contributed by atoms with Gasteiger partial charge in [0.05, 0.1) is 26.9 Å². The van der Waals surface area contributed by atoms with E-state index in [-0.39, 0.29) is 12.6 Å². The predicted molar refractivity (Wildman–Crippen MR) is 112 cm³/mol. The van der Waals surface area contributed by atoms with Crippen molar-refractivity contribution in [1.29, 1.82) is 0 Å². The molecule has 2 aromatic rings. The van der Waals surface area contributed by atoms with Gasteiger partial charge in [-0.3, -0.25) is 4.90 Å². The maximum absolute atomic E-state index is 12.9. The minimum Gasteiger partial charge on any atom is -0.493 e. The molecule has 1 saturated heterocycles. The molecular formula is C19H26N6O4S. The zero-order valence-corrected chi connectivity index (χ0v) is 17.8. The summed E-state index contributed by atoms with van der Waals surface area (Å²) in [5, 5.41) is 13.8. The van der Waals surface area contributed by atoms with Crippen molar-refractivity contribution in [2.75, 3.05) is 63.8 Å². The molecule has 10 nitrogen and oxygen atoms in total. The Morgan fingerprint density at radius 1 is 1.20 bits per heavy atom. The second kappa shape index (κ2) is 10.0. The van der Waals surface area contributed by atoms with Gasteiger partial charge < -0.3 is 19.5 Å². The van der Waals surface area contributed by atoms with Crippen molar-refractivity contribution in [2.24, 2.45) is 0 Å². The normalized spacial score (nSPS) is 16.8. The number of benzene rings is 1. The number of amides is 2. The first-order valence-corrected chi connectivity index (χ1v) is 10.9. The summed E-state index contributed by atoms with van der Waals surface area (Å²) in [5.41, 5.74) is 0. The standard InChI is InChI=1S/C19H26N6O4S/c1-27-15-4-2-3-5-16(15)29-14-17-21-22-19-25(17)24(10-13-30-19)18(26)20-6-7-23-8-11-28-12-9-23/h2-5H,6-14H2,1H3,(H,20,26). The first-order chi connectivity index (χ1) is 14.8. The van der Waals surface area contributed by atoms with E-state index in [1.165, 1.54) is 0 Å². The van der Waals surface area contributed by atoms with Gasteiger partial charge >= 0.3 is 6.03 Å². The van der Waals surface area contributed by atoms with Crippen LogP contribution in [0.2, 0.25) is 0 Å². The highest BCUT2D eigenvalue weighted by Gasteiger charge is 2.27. The number of para-hydroxylation sites is 2. The monoisotopic (exact) mass is 434 g/mol. The molecule has 3 heterocycles. The van der Waals surface area contributed by atoms with Crippen LogP contribution in [0, 0.1) is 0 Å². The molecule has 162 valence electrons. The van der Waals surface area contributed by atoms with Crippen molar-refractivity contribution in [2.45, 2.75) is 11.8 Å². The number of carbonyl (C=O) groups excluding carboxylic acids is 1. The van der Waals surface area contributed by atoms with E-state index in [1.807, 2.05) is 24.3 Å². The number of nitrogens with one attached hydrogen (secondary N) is 1. The third-order valence-electron chi connectivity index (χ3n) is 4.92. The molecule has 1 N–H and O–H groups in total. The smallest absolute Gasteiger partial charge is 0.336 e. The van der Waals surface area contributed by atoms with Gasteiger partial charge in [0.25, 0.3) is 0 Å². The number of methoxy groups -OCH3 is 1. The molecule has 1 aromatic carbocycles. The third-order valence-corrected chi connectivity index (χ3v) is 5.82. The number of nitrogens with zero attached hydrogens (tertiary/aromatic N) is 5. The number of hydrogen-bond acceptors (Lipinski definition) is 8. The first-order valence-electron chi connectivity index (χ1n) is 9.95. The lowest BCUT2D eigenvalue weighted by Gasteiger charge is -2.30. The lowest BCUT2D eigenvalue weighted by Crippen LogP contribution is -2.52. The van der Waals surface area contributed by atoms with Crippen LogP contribution >= 0.6 is 11.8 Å². The number of thioether (sulfide) groups is 1. The molecule has 30 heavy (non-hydrogen) atoms. The van der Waals surface area contributed by atoms with E-state index in [2.05, 4.69) is 20.4 Å². The Kier molecular flexibility index (Phi) is 6.92. The molecule has 0 saturated carbocycles. The van der Waals surface area contributed by atoms with Crippen LogP contribution in [-0.4, -0.2) is 84.6 Å². The molecule has 4 rings (SSSR count). The largest absolute Gasteiger partial charge is 0.493 e. The zero-order valence-electron chi connectivity index (χ0n) is 17.0. The van der Waals surface area contributed by atoms with Crippen molar-refractivity contribution in [1.82, 2.24) is 25.1 Å². The molecule has 2 amide bonds. The highest BCUT2D eigenvalue weighted by Crippen LogP contribution is 2.27. The predicted octanol–water partition coefficient (Wildman–Crippen LogP) is 0.951. The summed E-state index contributed by atoms with van der Waals surface area (Å²) in [4.78, 5) is 15.1. The van der Waals surface area contributed by atoms with E-state index in [4.69, 9.17) is 14.2 Å². The summed E-state index contributed by atoms with van der Waals surface area (Å²) >= 11 is 1.57. The maximum atomic E-state index is 12.9. The van der Waals surface area contributed by atoms with Crippen molar-refractivity contribution >= 4 is 17.8 Å². The third kappa shape index (κ3) is 4.79. The number of rotatable bonds is 7. The van der Waals surface area contributed by atoms with Crippen LogP contribution in [0.25, 0.3) is 0 Å². The summed E-state index contributed by atoms with van der Waals surface area (Å²) in [7, 11) is 1.60. The van der Waals surface area contributed by atoms with Crippen LogP contribution in [-0.2, 0) is 11.3 Å². The van der Waals surface area contributed by atoms with Gasteiger partial charge in [0.2, 0.25) is 5.16 Å². The van der Waals surface area contributed by atoms with Crippen LogP contribution in [0.1, 0.15) is 5.82 Å². The molecule has 2 aliphatic heterocycles. The van der Waals surface area contributed by atoms with E-state index >= 15 is 0 Å². The Morgan fingerprint density at radius 2 is 2.00 bits per heavy atom. The molecule has 0 atom stereocenters. The average Bonchev–Trinajstić information content (AvgIpc) is 3.21. The van der Waals surface area contributed by atoms with E-state index in [0.29, 0.717) is 35.6 Å². The number of carbonyl (C=O) groups is 1. The Hall–Kier alpha value is -2.50. The minimum absolute atomic E-state index is 0.164. The van der Waals surface area contributed by atoms with Crippen LogP contribution in [0.4, 0.5) is 4.79 Å². The van der Waals surface area contributed by atoms with Crippen molar-refractivity contribution < 1.29 is 19.0 Å². The molecule has 0 spiro atoms. The van der Waals surface area contributed by atoms with Crippen LogP contribution in [0.15, 0.2) is 29.4 Å². The Balaban J connectivity index is 1.39. The lowest BCUT2D eigenvalue weighted by atomic mass is 10.3. The summed E-state index contributed by atoms with van der Waals surface area (Å²) in [6.07, 6.45) is 0. The van der Waals surface area contributed by atoms with Gasteiger partial charge in [-0.2, -0.15) is 0 Å². The molecule has 0 radical (unpaired) electrons. The second-order valence-corrected chi connectivity index (χ2v) is 7.87. The maximum Gasteiger partial charge on any atom is 0.336 e. The highest BCUT2D eigenvalue weighted by atomic mass is 32.2. The van der Waals surface area contributed by atoms with Crippen molar-refractivity contribution in [3.8, 4) is 11.5 Å². The van der Waals surface area contributed by atoms with Crippen molar-refractivity contribution in [3.63, 3.8) is 0 Å². The molecule has 2 aliphatic rings. The number of ether oxygens (including phenoxy) is 3. The molecule has 0 bridgehead atoms. The SMILES string of the molecule is COc1ccccc1OCc1nnc2n1N(C(=O)NCCN1CCOCC1)CCS2. The first kappa shape index (κ1) is 20.8. The summed E-state index contributed by atoms with van der Waals surface area (Å²) in [6.45, 7) is 5.41. The quantitative estimate of drug-likeness (QED) is 0.689. The molecule has 1 fully saturated rings. The highest BCUT2D eigenvalue weighted by molar-refractivity contribution is 7.99. The van der Waals surface area contributed by atoms with Crippen LogP contribution in [0.3, 0.4) is 0 Å². The number of aromatic nitrogens is 3. The van der Waals surface area contributed by atoms with E-state index in [9.17, 15) is 4.79 Å². The van der Waals surface area contributed by atoms with E-state index in [0.717, 1.165) is 38.6 Å². The number of fused-ring (bicyclic) bond motifs is 1. The number of morpholine rings is 1. The fourth-order valence-corrected chi connectivity index (χ4v) is 4.22. The second-order valence-electron chi connectivity index (χ2n) is 6.81. The van der Waals surface area contributed by atoms with Crippen LogP contribution < -0.4 is 19.8 Å². The zero-order chi connectivity index (χ0) is 20.8. The lowest BCUT2D eigenvalue weighted by molar-refractivity contribution is 0.0387. The Bertz CT molecular complexity index is 857. The Morgan fingerprint density at radius 3 is 2.80 bits per heavy atom. The van der Waals surface area contributed by atoms with Gasteiger partial charge in [-0.15, -0.1) is 10.2 Å². The number of urea groups is 1. The molecule has 1 aromatic heterocycles.